The maximum Gasteiger partial charge on any atom is 0.241 e. The topological polar surface area (TPSA) is 65.4 Å². The minimum atomic E-state index is -3.46. The van der Waals surface area contributed by atoms with E-state index in [9.17, 15) is 13.2 Å². The minimum Gasteiger partial charge on any atom is -0.489 e. The molecule has 1 heterocycles. The monoisotopic (exact) mass is 449 g/mol. The van der Waals surface area contributed by atoms with Crippen molar-refractivity contribution in [2.24, 2.45) is 0 Å². The lowest BCUT2D eigenvalue weighted by Crippen LogP contribution is -2.21. The number of benzene rings is 2. The third-order valence-corrected chi connectivity index (χ3v) is 7.04. The summed E-state index contributed by atoms with van der Waals surface area (Å²) in [4.78, 5) is 10.8. The number of ether oxygens (including phenoxy) is 1. The number of carbonyl (C=O) groups excluding carboxylic acids is 1. The lowest BCUT2D eigenvalue weighted by atomic mass is 10.1. The summed E-state index contributed by atoms with van der Waals surface area (Å²) in [5.74, 6) is 0.644. The second-order valence-electron chi connectivity index (χ2n) is 6.48. The Hall–Kier alpha value is -2.12. The number of carbonyl (C=O) groups is 1. The molecule has 0 aliphatic heterocycles. The molecule has 3 rings (SSSR count). The first-order chi connectivity index (χ1) is 12.8. The molecule has 0 fully saturated rings. The Balaban J connectivity index is 1.96. The molecule has 2 aromatic carbocycles. The second-order valence-corrected chi connectivity index (χ2v) is 9.70. The van der Waals surface area contributed by atoms with Gasteiger partial charge in [-0.15, -0.1) is 0 Å². The summed E-state index contributed by atoms with van der Waals surface area (Å²) >= 11 is 3.52. The molecule has 7 heteroatoms. The van der Waals surface area contributed by atoms with Crippen LogP contribution in [0.25, 0.3) is 10.9 Å². The van der Waals surface area contributed by atoms with Gasteiger partial charge in [-0.3, -0.25) is 0 Å². The zero-order valence-electron chi connectivity index (χ0n) is 15.1. The van der Waals surface area contributed by atoms with Gasteiger partial charge >= 0.3 is 0 Å². The highest BCUT2D eigenvalue weighted by Crippen LogP contribution is 2.29. The molecule has 0 aliphatic carbocycles. The van der Waals surface area contributed by atoms with Crippen LogP contribution in [-0.2, 0) is 27.8 Å². The fourth-order valence-electron chi connectivity index (χ4n) is 2.82. The molecule has 5 nitrogen and oxygen atoms in total. The first kappa shape index (κ1) is 19.6. The van der Waals surface area contributed by atoms with Gasteiger partial charge in [0.25, 0.3) is 0 Å². The summed E-state index contributed by atoms with van der Waals surface area (Å²) in [5.41, 5.74) is 2.26. The number of aldehydes is 1. The van der Waals surface area contributed by atoms with E-state index >= 15 is 0 Å². The van der Waals surface area contributed by atoms with E-state index in [0.717, 1.165) is 27.3 Å². The van der Waals surface area contributed by atoms with E-state index in [1.165, 1.54) is 3.97 Å². The third-order valence-electron chi connectivity index (χ3n) is 4.32. The van der Waals surface area contributed by atoms with E-state index in [2.05, 4.69) is 15.9 Å². The van der Waals surface area contributed by atoms with Crippen molar-refractivity contribution in [3.8, 4) is 5.75 Å². The zero-order chi connectivity index (χ0) is 19.6. The fourth-order valence-corrected chi connectivity index (χ4v) is 4.56. The number of para-hydroxylation sites is 1. The zero-order valence-corrected chi connectivity index (χ0v) is 17.5. The highest BCUT2D eigenvalue weighted by atomic mass is 79.9. The van der Waals surface area contributed by atoms with Gasteiger partial charge in [0.15, 0.2) is 0 Å². The van der Waals surface area contributed by atoms with Crippen LogP contribution in [0, 0.1) is 0 Å². The standard InChI is InChI=1S/C20H20BrNO4S/c1-14(2)27(24,25)22-9-7-17-18(21)11-15(12-19(17)22)13-26-20-6-4-3-5-16(20)8-10-23/h3-7,9-12,14H,8,13H2,1-2H3. The van der Waals surface area contributed by atoms with Gasteiger partial charge in [-0.2, -0.15) is 0 Å². The maximum absolute atomic E-state index is 12.6. The van der Waals surface area contributed by atoms with Crippen LogP contribution < -0.4 is 4.74 Å². The van der Waals surface area contributed by atoms with Crippen molar-refractivity contribution in [1.29, 1.82) is 0 Å². The minimum absolute atomic E-state index is 0.261. The number of aromatic nitrogens is 1. The summed E-state index contributed by atoms with van der Waals surface area (Å²) in [6.45, 7) is 3.58. The predicted molar refractivity (Wildman–Crippen MR) is 110 cm³/mol. The van der Waals surface area contributed by atoms with Gasteiger partial charge in [0.05, 0.1) is 10.8 Å². The molecule has 0 N–H and O–H groups in total. The summed E-state index contributed by atoms with van der Waals surface area (Å²) < 4.78 is 33.2. The SMILES string of the molecule is CC(C)S(=O)(=O)n1ccc2c(Br)cc(COc3ccccc3CC=O)cc21. The van der Waals surface area contributed by atoms with Crippen LogP contribution in [0.1, 0.15) is 25.0 Å². The second kappa shape index (κ2) is 7.86. The van der Waals surface area contributed by atoms with Crippen LogP contribution in [0.5, 0.6) is 5.75 Å². The molecule has 0 spiro atoms. The summed E-state index contributed by atoms with van der Waals surface area (Å²) in [7, 11) is -3.46. The molecule has 1 aromatic heterocycles. The molecule has 3 aromatic rings. The van der Waals surface area contributed by atoms with Crippen molar-refractivity contribution in [2.45, 2.75) is 32.1 Å². The summed E-state index contributed by atoms with van der Waals surface area (Å²) in [6.07, 6.45) is 2.71. The van der Waals surface area contributed by atoms with E-state index in [0.29, 0.717) is 11.3 Å². The first-order valence-electron chi connectivity index (χ1n) is 8.53. The van der Waals surface area contributed by atoms with E-state index < -0.39 is 15.3 Å². The Morgan fingerprint density at radius 3 is 2.63 bits per heavy atom. The number of fused-ring (bicyclic) bond motifs is 1. The van der Waals surface area contributed by atoms with Gasteiger partial charge in [0, 0.05) is 28.0 Å². The van der Waals surface area contributed by atoms with Crippen molar-refractivity contribution < 1.29 is 17.9 Å². The number of rotatable bonds is 7. The Labute approximate surface area is 167 Å². The Morgan fingerprint density at radius 2 is 1.93 bits per heavy atom. The van der Waals surface area contributed by atoms with Gasteiger partial charge in [0.2, 0.25) is 10.0 Å². The largest absolute Gasteiger partial charge is 0.489 e. The molecule has 0 saturated heterocycles. The van der Waals surface area contributed by atoms with Crippen molar-refractivity contribution >= 4 is 43.1 Å². The van der Waals surface area contributed by atoms with Gasteiger partial charge < -0.3 is 9.53 Å². The smallest absolute Gasteiger partial charge is 0.241 e. The van der Waals surface area contributed by atoms with Crippen LogP contribution in [-0.4, -0.2) is 23.9 Å². The van der Waals surface area contributed by atoms with Gasteiger partial charge in [-0.25, -0.2) is 12.4 Å². The molecular weight excluding hydrogens is 430 g/mol. The van der Waals surface area contributed by atoms with Gasteiger partial charge in [-0.05, 0) is 43.7 Å². The summed E-state index contributed by atoms with van der Waals surface area (Å²) in [5, 5.41) is 0.298. The first-order valence-corrected chi connectivity index (χ1v) is 10.8. The van der Waals surface area contributed by atoms with Crippen LogP contribution >= 0.6 is 15.9 Å². The van der Waals surface area contributed by atoms with Gasteiger partial charge in [-0.1, -0.05) is 34.1 Å². The van der Waals surface area contributed by atoms with E-state index in [-0.39, 0.29) is 13.0 Å². The molecule has 27 heavy (non-hydrogen) atoms. The molecule has 142 valence electrons. The highest BCUT2D eigenvalue weighted by Gasteiger charge is 2.21. The molecular formula is C20H20BrNO4S. The maximum atomic E-state index is 12.6. The molecule has 0 amide bonds. The Kier molecular flexibility index (Phi) is 5.72. The normalized spacial score (nSPS) is 11.9. The van der Waals surface area contributed by atoms with Crippen LogP contribution in [0.3, 0.4) is 0 Å². The quantitative estimate of drug-likeness (QED) is 0.504. The average Bonchev–Trinajstić information content (AvgIpc) is 3.06. The molecule has 0 unspecified atom stereocenters. The lowest BCUT2D eigenvalue weighted by Gasteiger charge is -2.13. The van der Waals surface area contributed by atoms with Crippen LogP contribution in [0.2, 0.25) is 0 Å². The molecule has 0 aliphatic rings. The molecule has 0 radical (unpaired) electrons. The third kappa shape index (κ3) is 3.94. The van der Waals surface area contributed by atoms with Crippen LogP contribution in [0.4, 0.5) is 0 Å². The Morgan fingerprint density at radius 1 is 1.19 bits per heavy atom. The van der Waals surface area contributed by atoms with Gasteiger partial charge in [0.1, 0.15) is 18.6 Å². The summed E-state index contributed by atoms with van der Waals surface area (Å²) in [6, 6.07) is 12.9. The van der Waals surface area contributed by atoms with Crippen molar-refractivity contribution in [3.05, 3.63) is 64.3 Å². The van der Waals surface area contributed by atoms with Crippen molar-refractivity contribution in [1.82, 2.24) is 3.97 Å². The van der Waals surface area contributed by atoms with Crippen molar-refractivity contribution in [2.75, 3.05) is 0 Å². The number of nitrogens with zero attached hydrogens (tertiary/aromatic N) is 1. The molecule has 0 atom stereocenters. The van der Waals surface area contributed by atoms with E-state index in [4.69, 9.17) is 4.74 Å². The number of hydrogen-bond acceptors (Lipinski definition) is 4. The number of halogens is 1. The average molecular weight is 450 g/mol. The van der Waals surface area contributed by atoms with Crippen LogP contribution in [0.15, 0.2) is 53.1 Å². The number of hydrogen-bond donors (Lipinski definition) is 0. The lowest BCUT2D eigenvalue weighted by molar-refractivity contribution is -0.107. The predicted octanol–water partition coefficient (Wildman–Crippen LogP) is 4.31. The molecule has 0 bridgehead atoms. The molecule has 0 saturated carbocycles. The van der Waals surface area contributed by atoms with E-state index in [1.807, 2.05) is 36.4 Å². The Bertz CT molecular complexity index is 1090. The fraction of sp³-hybridized carbons (Fsp3) is 0.250. The highest BCUT2D eigenvalue weighted by molar-refractivity contribution is 9.10. The van der Waals surface area contributed by atoms with E-state index in [1.54, 1.807) is 26.1 Å². The van der Waals surface area contributed by atoms with Crippen molar-refractivity contribution in [3.63, 3.8) is 0 Å².